The van der Waals surface area contributed by atoms with Crippen LogP contribution in [0.2, 0.25) is 0 Å². The Balaban J connectivity index is 2.14. The van der Waals surface area contributed by atoms with E-state index in [4.69, 9.17) is 0 Å². The average molecular weight is 324 g/mol. The molecule has 2 aromatic heterocycles. The third kappa shape index (κ3) is 1.86. The maximum Gasteiger partial charge on any atom is 0.213 e. The van der Waals surface area contributed by atoms with Crippen LogP contribution in [0.1, 0.15) is 11.4 Å². The van der Waals surface area contributed by atoms with Crippen molar-refractivity contribution in [3.05, 3.63) is 40.1 Å². The minimum Gasteiger partial charge on any atom is -0.390 e. The number of aromatic nitrogens is 3. The molecule has 0 spiro atoms. The molecular weight excluding hydrogens is 314 g/mol. The lowest BCUT2D eigenvalue weighted by Gasteiger charge is -1.96. The van der Waals surface area contributed by atoms with Gasteiger partial charge in [-0.15, -0.1) is 0 Å². The van der Waals surface area contributed by atoms with E-state index < -0.39 is 0 Å². The molecule has 3 aromatic rings. The van der Waals surface area contributed by atoms with Crippen LogP contribution in [0.5, 0.6) is 0 Å². The lowest BCUT2D eigenvalue weighted by Crippen LogP contribution is -1.95. The molecule has 0 fully saturated rings. The molecule has 1 N–H and O–H groups in total. The predicted molar refractivity (Wildman–Crippen MR) is 74.7 cm³/mol. The van der Waals surface area contributed by atoms with Crippen LogP contribution in [0.15, 0.2) is 28.7 Å². The van der Waals surface area contributed by atoms with Crippen molar-refractivity contribution in [2.45, 2.75) is 13.5 Å². The van der Waals surface area contributed by atoms with Crippen LogP contribution in [0.3, 0.4) is 0 Å². The zero-order chi connectivity index (χ0) is 12.7. The van der Waals surface area contributed by atoms with Crippen molar-refractivity contribution < 1.29 is 5.11 Å². The number of nitrogens with zero attached hydrogens (tertiary/aromatic N) is 3. The van der Waals surface area contributed by atoms with E-state index in [-0.39, 0.29) is 6.61 Å². The number of hydrogen-bond donors (Lipinski definition) is 1. The third-order valence-corrected chi connectivity index (χ3v) is 4.22. The zero-order valence-electron chi connectivity index (χ0n) is 9.59. The van der Waals surface area contributed by atoms with E-state index in [0.717, 1.165) is 31.4 Å². The molecule has 6 heteroatoms. The summed E-state index contributed by atoms with van der Waals surface area (Å²) in [7, 11) is 0. The van der Waals surface area contributed by atoms with Crippen molar-refractivity contribution in [2.24, 2.45) is 0 Å². The van der Waals surface area contributed by atoms with Gasteiger partial charge in [-0.3, -0.25) is 0 Å². The van der Waals surface area contributed by atoms with E-state index in [2.05, 4.69) is 26.0 Å². The molecular formula is C12H10BrN3OS. The second-order valence-electron chi connectivity index (χ2n) is 3.91. The van der Waals surface area contributed by atoms with E-state index in [0.29, 0.717) is 0 Å². The molecule has 18 heavy (non-hydrogen) atoms. The molecule has 92 valence electrons. The van der Waals surface area contributed by atoms with E-state index in [1.165, 1.54) is 11.3 Å². The number of aliphatic hydroxyl groups is 1. The summed E-state index contributed by atoms with van der Waals surface area (Å²) in [4.78, 5) is 5.21. The maximum absolute atomic E-state index is 9.32. The summed E-state index contributed by atoms with van der Waals surface area (Å²) in [5.41, 5.74) is 2.64. The highest BCUT2D eigenvalue weighted by Gasteiger charge is 2.13. The van der Waals surface area contributed by atoms with Crippen molar-refractivity contribution >= 4 is 32.2 Å². The number of halogens is 1. The van der Waals surface area contributed by atoms with Crippen LogP contribution in [-0.4, -0.2) is 19.7 Å². The summed E-state index contributed by atoms with van der Waals surface area (Å²) < 4.78 is 2.76. The number of rotatable bonds is 2. The van der Waals surface area contributed by atoms with Gasteiger partial charge < -0.3 is 5.11 Å². The van der Waals surface area contributed by atoms with E-state index in [9.17, 15) is 5.11 Å². The Morgan fingerprint density at radius 2 is 2.06 bits per heavy atom. The molecule has 0 aliphatic heterocycles. The maximum atomic E-state index is 9.32. The summed E-state index contributed by atoms with van der Waals surface area (Å²) in [5, 5.41) is 14.7. The monoisotopic (exact) mass is 323 g/mol. The fourth-order valence-corrected chi connectivity index (χ4v) is 3.02. The summed E-state index contributed by atoms with van der Waals surface area (Å²) >= 11 is 4.93. The first-order valence-electron chi connectivity index (χ1n) is 5.41. The number of fused-ring (bicyclic) bond motifs is 1. The summed E-state index contributed by atoms with van der Waals surface area (Å²) in [6, 6.07) is 7.98. The Bertz CT molecular complexity index is 702. The van der Waals surface area contributed by atoms with Gasteiger partial charge in [0.2, 0.25) is 4.96 Å². The van der Waals surface area contributed by atoms with Gasteiger partial charge in [-0.1, -0.05) is 39.4 Å². The van der Waals surface area contributed by atoms with Crippen LogP contribution < -0.4 is 0 Å². The molecule has 0 saturated heterocycles. The minimum absolute atomic E-state index is 0.0451. The SMILES string of the molecule is Cc1nc2sc(-c3ccc(Br)cc3)nn2c1CO. The first-order valence-corrected chi connectivity index (χ1v) is 7.02. The first-order chi connectivity index (χ1) is 8.69. The van der Waals surface area contributed by atoms with Crippen LogP contribution >= 0.6 is 27.3 Å². The van der Waals surface area contributed by atoms with Gasteiger partial charge >= 0.3 is 0 Å². The summed E-state index contributed by atoms with van der Waals surface area (Å²) in [5.74, 6) is 0. The minimum atomic E-state index is -0.0451. The molecule has 3 rings (SSSR count). The molecule has 0 atom stereocenters. The van der Waals surface area contributed by atoms with E-state index in [1.54, 1.807) is 4.52 Å². The van der Waals surface area contributed by atoms with Crippen molar-refractivity contribution in [3.63, 3.8) is 0 Å². The van der Waals surface area contributed by atoms with Gasteiger partial charge in [0.25, 0.3) is 0 Å². The Hall–Kier alpha value is -1.24. The zero-order valence-corrected chi connectivity index (χ0v) is 12.0. The fourth-order valence-electron chi connectivity index (χ4n) is 1.78. The average Bonchev–Trinajstić information content (AvgIpc) is 2.86. The first kappa shape index (κ1) is 11.8. The topological polar surface area (TPSA) is 50.4 Å². The molecule has 0 amide bonds. The molecule has 4 nitrogen and oxygen atoms in total. The quantitative estimate of drug-likeness (QED) is 0.788. The van der Waals surface area contributed by atoms with Gasteiger partial charge in [-0.2, -0.15) is 5.10 Å². The molecule has 2 heterocycles. The highest BCUT2D eigenvalue weighted by atomic mass is 79.9. The van der Waals surface area contributed by atoms with Gasteiger partial charge in [0.05, 0.1) is 18.0 Å². The van der Waals surface area contributed by atoms with E-state index >= 15 is 0 Å². The lowest BCUT2D eigenvalue weighted by molar-refractivity contribution is 0.273. The fraction of sp³-hybridized carbons (Fsp3) is 0.167. The van der Waals surface area contributed by atoms with Gasteiger partial charge in [0.1, 0.15) is 5.01 Å². The van der Waals surface area contributed by atoms with Crippen LogP contribution in [0.4, 0.5) is 0 Å². The Labute approximate surface area is 116 Å². The van der Waals surface area contributed by atoms with Crippen molar-refractivity contribution in [1.82, 2.24) is 14.6 Å². The highest BCUT2D eigenvalue weighted by Crippen LogP contribution is 2.28. The molecule has 0 radical (unpaired) electrons. The van der Waals surface area contributed by atoms with Crippen LogP contribution in [0, 0.1) is 6.92 Å². The molecule has 0 bridgehead atoms. The van der Waals surface area contributed by atoms with Crippen LogP contribution in [-0.2, 0) is 6.61 Å². The summed E-state index contributed by atoms with van der Waals surface area (Å²) in [6.45, 7) is 1.84. The molecule has 1 aromatic carbocycles. The van der Waals surface area contributed by atoms with Gasteiger partial charge in [0, 0.05) is 10.0 Å². The number of aliphatic hydroxyl groups excluding tert-OH is 1. The predicted octanol–water partition coefficient (Wildman–Crippen LogP) is 3.02. The van der Waals surface area contributed by atoms with Crippen molar-refractivity contribution in [1.29, 1.82) is 0 Å². The number of hydrogen-bond acceptors (Lipinski definition) is 4. The second kappa shape index (κ2) is 4.46. The number of benzene rings is 1. The third-order valence-electron chi connectivity index (χ3n) is 2.74. The van der Waals surface area contributed by atoms with Gasteiger partial charge in [-0.25, -0.2) is 9.50 Å². The molecule has 0 saturated carbocycles. The standard InChI is InChI=1S/C12H10BrN3OS/c1-7-10(6-17)16-12(14-7)18-11(15-16)8-2-4-9(13)5-3-8/h2-5,17H,6H2,1H3. The summed E-state index contributed by atoms with van der Waals surface area (Å²) in [6.07, 6.45) is 0. The van der Waals surface area contributed by atoms with Crippen molar-refractivity contribution in [3.8, 4) is 10.6 Å². The van der Waals surface area contributed by atoms with Crippen molar-refractivity contribution in [2.75, 3.05) is 0 Å². The van der Waals surface area contributed by atoms with Gasteiger partial charge in [0.15, 0.2) is 0 Å². The molecule has 0 aliphatic carbocycles. The number of imidazole rings is 1. The van der Waals surface area contributed by atoms with E-state index in [1.807, 2.05) is 31.2 Å². The Morgan fingerprint density at radius 3 is 2.72 bits per heavy atom. The van der Waals surface area contributed by atoms with Gasteiger partial charge in [-0.05, 0) is 19.1 Å². The largest absolute Gasteiger partial charge is 0.390 e. The number of aryl methyl sites for hydroxylation is 1. The lowest BCUT2D eigenvalue weighted by atomic mass is 10.2. The smallest absolute Gasteiger partial charge is 0.213 e. The second-order valence-corrected chi connectivity index (χ2v) is 5.78. The normalized spacial score (nSPS) is 11.3. The highest BCUT2D eigenvalue weighted by molar-refractivity contribution is 9.10. The molecule has 0 aliphatic rings. The Kier molecular flexibility index (Phi) is 2.93. The molecule has 0 unspecified atom stereocenters. The van der Waals surface area contributed by atoms with Crippen LogP contribution in [0.25, 0.3) is 15.5 Å². The Morgan fingerprint density at radius 1 is 1.33 bits per heavy atom.